The summed E-state index contributed by atoms with van der Waals surface area (Å²) in [6.07, 6.45) is 3.24. The molecule has 0 aromatic rings. The van der Waals surface area contributed by atoms with Gasteiger partial charge in [0.25, 0.3) is 5.91 Å². The first kappa shape index (κ1) is 7.95. The lowest BCUT2D eigenvalue weighted by Crippen LogP contribution is -2.18. The summed E-state index contributed by atoms with van der Waals surface area (Å²) in [7, 11) is 1.59. The van der Waals surface area contributed by atoms with Crippen LogP contribution in [0.15, 0.2) is 24.3 Å². The van der Waals surface area contributed by atoms with Gasteiger partial charge in [-0.05, 0) is 6.92 Å². The predicted octanol–water partition coefficient (Wildman–Crippen LogP) is 0.865. The average molecular weight is 125 g/mol. The van der Waals surface area contributed by atoms with Crippen LogP contribution in [0, 0.1) is 0 Å². The standard InChI is InChI=1S/C7H11NO/c1-4-6(5-2)7(9)8-3/h4-5H,1H2,2-3H3,(H,8,9). The Hall–Kier alpha value is -1.05. The molecule has 0 fully saturated rings. The van der Waals surface area contributed by atoms with E-state index < -0.39 is 0 Å². The van der Waals surface area contributed by atoms with Crippen molar-refractivity contribution in [3.63, 3.8) is 0 Å². The molecule has 1 amide bonds. The van der Waals surface area contributed by atoms with Gasteiger partial charge in [0.15, 0.2) is 0 Å². The molecule has 0 spiro atoms. The summed E-state index contributed by atoms with van der Waals surface area (Å²) < 4.78 is 0. The number of carbonyl (C=O) groups excluding carboxylic acids is 1. The smallest absolute Gasteiger partial charge is 0.250 e. The highest BCUT2D eigenvalue weighted by molar-refractivity contribution is 5.95. The Morgan fingerprint density at radius 2 is 2.22 bits per heavy atom. The molecule has 0 aliphatic carbocycles. The average Bonchev–Trinajstić information content (AvgIpc) is 1.90. The van der Waals surface area contributed by atoms with Crippen LogP contribution in [0.25, 0.3) is 0 Å². The Labute approximate surface area is 55.3 Å². The van der Waals surface area contributed by atoms with Crippen LogP contribution in [0.4, 0.5) is 0 Å². The van der Waals surface area contributed by atoms with E-state index in [0.717, 1.165) is 0 Å². The number of likely N-dealkylation sites (N-methyl/N-ethyl adjacent to an activating group) is 1. The van der Waals surface area contributed by atoms with Crippen molar-refractivity contribution in [2.75, 3.05) is 7.05 Å². The summed E-state index contributed by atoms with van der Waals surface area (Å²) in [6, 6.07) is 0. The van der Waals surface area contributed by atoms with Gasteiger partial charge >= 0.3 is 0 Å². The van der Waals surface area contributed by atoms with Gasteiger partial charge in [0.2, 0.25) is 0 Å². The first-order valence-electron chi connectivity index (χ1n) is 2.77. The molecule has 0 aromatic heterocycles. The van der Waals surface area contributed by atoms with Crippen LogP contribution in [-0.2, 0) is 4.79 Å². The zero-order valence-electron chi connectivity index (χ0n) is 5.77. The second kappa shape index (κ2) is 3.89. The van der Waals surface area contributed by atoms with E-state index in [1.54, 1.807) is 20.0 Å². The van der Waals surface area contributed by atoms with Crippen LogP contribution < -0.4 is 5.32 Å². The Morgan fingerprint density at radius 1 is 1.67 bits per heavy atom. The van der Waals surface area contributed by atoms with E-state index in [1.807, 2.05) is 0 Å². The molecule has 2 nitrogen and oxygen atoms in total. The highest BCUT2D eigenvalue weighted by Crippen LogP contribution is 1.92. The topological polar surface area (TPSA) is 29.1 Å². The molecule has 0 unspecified atom stereocenters. The van der Waals surface area contributed by atoms with Gasteiger partial charge in [-0.15, -0.1) is 0 Å². The SMILES string of the molecule is C=CC(=CC)C(=O)NC. The quantitative estimate of drug-likeness (QED) is 0.430. The van der Waals surface area contributed by atoms with E-state index in [9.17, 15) is 4.79 Å². The zero-order valence-corrected chi connectivity index (χ0v) is 5.77. The molecular formula is C7H11NO. The number of rotatable bonds is 2. The second-order valence-corrected chi connectivity index (χ2v) is 1.53. The summed E-state index contributed by atoms with van der Waals surface area (Å²) in [6.45, 7) is 5.27. The molecule has 0 saturated carbocycles. The van der Waals surface area contributed by atoms with Crippen LogP contribution in [-0.4, -0.2) is 13.0 Å². The van der Waals surface area contributed by atoms with Gasteiger partial charge < -0.3 is 5.32 Å². The van der Waals surface area contributed by atoms with Gasteiger partial charge in [-0.1, -0.05) is 18.7 Å². The third kappa shape index (κ3) is 2.13. The molecule has 0 aromatic carbocycles. The van der Waals surface area contributed by atoms with E-state index in [2.05, 4.69) is 11.9 Å². The van der Waals surface area contributed by atoms with E-state index in [-0.39, 0.29) is 5.91 Å². The summed E-state index contributed by atoms with van der Waals surface area (Å²) >= 11 is 0. The molecule has 50 valence electrons. The van der Waals surface area contributed by atoms with Gasteiger partial charge in [-0.3, -0.25) is 4.79 Å². The van der Waals surface area contributed by atoms with Gasteiger partial charge in [-0.2, -0.15) is 0 Å². The number of nitrogens with one attached hydrogen (secondary N) is 1. The highest BCUT2D eigenvalue weighted by atomic mass is 16.1. The van der Waals surface area contributed by atoms with Gasteiger partial charge in [0.1, 0.15) is 0 Å². The number of carbonyl (C=O) groups is 1. The predicted molar refractivity (Wildman–Crippen MR) is 38.0 cm³/mol. The summed E-state index contributed by atoms with van der Waals surface area (Å²) in [5, 5.41) is 2.49. The van der Waals surface area contributed by atoms with Gasteiger partial charge in [0.05, 0.1) is 0 Å². The Morgan fingerprint density at radius 3 is 2.33 bits per heavy atom. The molecule has 0 heterocycles. The minimum absolute atomic E-state index is 0.0903. The lowest BCUT2D eigenvalue weighted by Gasteiger charge is -1.95. The lowest BCUT2D eigenvalue weighted by molar-refractivity contribution is -0.116. The summed E-state index contributed by atoms with van der Waals surface area (Å²) in [5.41, 5.74) is 0.609. The van der Waals surface area contributed by atoms with Crippen LogP contribution in [0.3, 0.4) is 0 Å². The number of hydrogen-bond acceptors (Lipinski definition) is 1. The largest absolute Gasteiger partial charge is 0.355 e. The zero-order chi connectivity index (χ0) is 7.28. The third-order valence-corrected chi connectivity index (χ3v) is 1.02. The van der Waals surface area contributed by atoms with Crippen molar-refractivity contribution in [2.24, 2.45) is 0 Å². The van der Waals surface area contributed by atoms with Crippen molar-refractivity contribution in [1.82, 2.24) is 5.32 Å². The maximum absolute atomic E-state index is 10.7. The first-order valence-corrected chi connectivity index (χ1v) is 2.77. The summed E-state index contributed by atoms with van der Waals surface area (Å²) in [5.74, 6) is -0.0903. The minimum Gasteiger partial charge on any atom is -0.355 e. The number of hydrogen-bond donors (Lipinski definition) is 1. The Bertz CT molecular complexity index is 147. The highest BCUT2D eigenvalue weighted by Gasteiger charge is 1.98. The maximum atomic E-state index is 10.7. The van der Waals surface area contributed by atoms with Crippen molar-refractivity contribution in [1.29, 1.82) is 0 Å². The van der Waals surface area contributed by atoms with Crippen LogP contribution >= 0.6 is 0 Å². The summed E-state index contributed by atoms with van der Waals surface area (Å²) in [4.78, 5) is 10.7. The number of amides is 1. The third-order valence-electron chi connectivity index (χ3n) is 1.02. The maximum Gasteiger partial charge on any atom is 0.250 e. The van der Waals surface area contributed by atoms with Crippen molar-refractivity contribution < 1.29 is 4.79 Å². The number of allylic oxidation sites excluding steroid dienone is 1. The monoisotopic (exact) mass is 125 g/mol. The normalized spacial score (nSPS) is 10.7. The second-order valence-electron chi connectivity index (χ2n) is 1.53. The molecule has 0 atom stereocenters. The minimum atomic E-state index is -0.0903. The fourth-order valence-electron chi connectivity index (χ4n) is 0.486. The molecular weight excluding hydrogens is 114 g/mol. The molecule has 2 heteroatoms. The lowest BCUT2D eigenvalue weighted by atomic mass is 10.2. The molecule has 0 saturated heterocycles. The van der Waals surface area contributed by atoms with Crippen molar-refractivity contribution >= 4 is 5.91 Å². The molecule has 0 radical (unpaired) electrons. The molecule has 9 heavy (non-hydrogen) atoms. The first-order chi connectivity index (χ1) is 4.26. The van der Waals surface area contributed by atoms with Crippen LogP contribution in [0.1, 0.15) is 6.92 Å². The molecule has 0 rings (SSSR count). The van der Waals surface area contributed by atoms with Crippen molar-refractivity contribution in [3.05, 3.63) is 24.3 Å². The molecule has 0 aliphatic rings. The van der Waals surface area contributed by atoms with E-state index >= 15 is 0 Å². The fraction of sp³-hybridized carbons (Fsp3) is 0.286. The Kier molecular flexibility index (Phi) is 3.44. The van der Waals surface area contributed by atoms with Crippen molar-refractivity contribution in [2.45, 2.75) is 6.92 Å². The van der Waals surface area contributed by atoms with Gasteiger partial charge in [-0.25, -0.2) is 0 Å². The molecule has 0 aliphatic heterocycles. The Balaban J connectivity index is 4.14. The van der Waals surface area contributed by atoms with Crippen LogP contribution in [0.5, 0.6) is 0 Å². The van der Waals surface area contributed by atoms with E-state index in [0.29, 0.717) is 5.57 Å². The van der Waals surface area contributed by atoms with Crippen LogP contribution in [0.2, 0.25) is 0 Å². The fourth-order valence-corrected chi connectivity index (χ4v) is 0.486. The molecule has 0 bridgehead atoms. The van der Waals surface area contributed by atoms with E-state index in [4.69, 9.17) is 0 Å². The molecule has 1 N–H and O–H groups in total. The van der Waals surface area contributed by atoms with Crippen molar-refractivity contribution in [3.8, 4) is 0 Å². The van der Waals surface area contributed by atoms with Gasteiger partial charge in [0, 0.05) is 12.6 Å². The van der Waals surface area contributed by atoms with E-state index in [1.165, 1.54) is 6.08 Å².